The summed E-state index contributed by atoms with van der Waals surface area (Å²) in [5, 5.41) is 16.4. The molecule has 0 bridgehead atoms. The minimum absolute atomic E-state index is 0.103. The second-order valence-electron chi connectivity index (χ2n) is 11.5. The number of amides is 4. The first kappa shape index (κ1) is 33.7. The summed E-state index contributed by atoms with van der Waals surface area (Å²) >= 11 is 0. The molecule has 10 heteroatoms. The Morgan fingerprint density at radius 3 is 2.28 bits per heavy atom. The summed E-state index contributed by atoms with van der Waals surface area (Å²) in [4.78, 5) is 53.9. The number of nitrogens with zero attached hydrogens (tertiary/aromatic N) is 1. The number of para-hydroxylation sites is 1. The number of ether oxygens (including phenoxy) is 1. The predicted molar refractivity (Wildman–Crippen MR) is 151 cm³/mol. The number of nitrogens with two attached hydrogens (primary N) is 1. The van der Waals surface area contributed by atoms with Gasteiger partial charge in [-0.05, 0) is 65.4 Å². The second kappa shape index (κ2) is 15.3. The van der Waals surface area contributed by atoms with Gasteiger partial charge in [-0.1, -0.05) is 45.4 Å². The van der Waals surface area contributed by atoms with Crippen LogP contribution in [0.2, 0.25) is 0 Å². The van der Waals surface area contributed by atoms with E-state index in [0.717, 1.165) is 19.3 Å². The highest BCUT2D eigenvalue weighted by atomic mass is 16.6. The number of rotatable bonds is 14. The third-order valence-corrected chi connectivity index (χ3v) is 6.21. The molecule has 39 heavy (non-hydrogen) atoms. The summed E-state index contributed by atoms with van der Waals surface area (Å²) in [6.45, 7) is 15.0. The van der Waals surface area contributed by atoms with Gasteiger partial charge in [0.05, 0.1) is 6.42 Å². The topological polar surface area (TPSA) is 151 Å². The Hall–Kier alpha value is -3.30. The number of phenolic OH excluding ortho intramolecular Hbond substituents is 1. The molecule has 0 radical (unpaired) electrons. The van der Waals surface area contributed by atoms with Crippen LogP contribution < -0.4 is 16.4 Å². The Morgan fingerprint density at radius 2 is 1.74 bits per heavy atom. The Morgan fingerprint density at radius 1 is 1.10 bits per heavy atom. The first-order valence-electron chi connectivity index (χ1n) is 13.7. The van der Waals surface area contributed by atoms with Gasteiger partial charge in [-0.15, -0.1) is 0 Å². The SMILES string of the molecule is CCCCNC(=O)C(c1cccc(C)c1O)N(C(=O)C(CC(N)=O)NC(=O)OC(C)(C)C)C(C)CCC(C)C. The van der Waals surface area contributed by atoms with E-state index >= 15 is 0 Å². The zero-order chi connectivity index (χ0) is 29.9. The molecular formula is C29H48N4O6. The van der Waals surface area contributed by atoms with Crippen molar-refractivity contribution in [3.05, 3.63) is 29.3 Å². The fraction of sp³-hybridized carbons (Fsp3) is 0.655. The molecule has 3 atom stereocenters. The van der Waals surface area contributed by atoms with E-state index in [0.29, 0.717) is 24.4 Å². The van der Waals surface area contributed by atoms with Gasteiger partial charge in [0.2, 0.25) is 17.7 Å². The third-order valence-electron chi connectivity index (χ3n) is 6.21. The van der Waals surface area contributed by atoms with Gasteiger partial charge in [0, 0.05) is 18.2 Å². The maximum Gasteiger partial charge on any atom is 0.408 e. The molecule has 0 aliphatic heterocycles. The molecule has 0 heterocycles. The number of benzene rings is 1. The van der Waals surface area contributed by atoms with Crippen LogP contribution in [-0.4, -0.2) is 58.1 Å². The zero-order valence-corrected chi connectivity index (χ0v) is 24.8. The summed E-state index contributed by atoms with van der Waals surface area (Å²) < 4.78 is 5.32. The van der Waals surface area contributed by atoms with Gasteiger partial charge in [-0.3, -0.25) is 14.4 Å². The quantitative estimate of drug-likeness (QED) is 0.257. The first-order valence-corrected chi connectivity index (χ1v) is 13.7. The van der Waals surface area contributed by atoms with Gasteiger partial charge in [-0.2, -0.15) is 0 Å². The van der Waals surface area contributed by atoms with Gasteiger partial charge in [0.1, 0.15) is 23.4 Å². The van der Waals surface area contributed by atoms with Crippen LogP contribution in [0.1, 0.15) is 97.7 Å². The highest BCUT2D eigenvalue weighted by Crippen LogP contribution is 2.34. The highest BCUT2D eigenvalue weighted by molar-refractivity contribution is 5.95. The minimum atomic E-state index is -1.38. The Labute approximate surface area is 233 Å². The number of hydrogen-bond donors (Lipinski definition) is 4. The van der Waals surface area contributed by atoms with E-state index < -0.39 is 54.0 Å². The molecule has 10 nitrogen and oxygen atoms in total. The van der Waals surface area contributed by atoms with Crippen LogP contribution in [0.5, 0.6) is 5.75 Å². The number of phenols is 1. The van der Waals surface area contributed by atoms with Crippen molar-refractivity contribution in [2.75, 3.05) is 6.54 Å². The molecule has 0 aliphatic rings. The van der Waals surface area contributed by atoms with Gasteiger partial charge < -0.3 is 31.1 Å². The molecule has 5 N–H and O–H groups in total. The van der Waals surface area contributed by atoms with E-state index in [4.69, 9.17) is 10.5 Å². The van der Waals surface area contributed by atoms with Crippen LogP contribution in [0, 0.1) is 12.8 Å². The molecule has 220 valence electrons. The summed E-state index contributed by atoms with van der Waals surface area (Å²) in [6.07, 6.45) is 1.52. The number of hydrogen-bond acceptors (Lipinski definition) is 6. The molecule has 0 saturated carbocycles. The molecule has 3 unspecified atom stereocenters. The maximum atomic E-state index is 14.2. The smallest absolute Gasteiger partial charge is 0.408 e. The average Bonchev–Trinajstić information content (AvgIpc) is 2.80. The number of carbonyl (C=O) groups excluding carboxylic acids is 4. The van der Waals surface area contributed by atoms with Crippen LogP contribution in [0.4, 0.5) is 4.79 Å². The van der Waals surface area contributed by atoms with Crippen LogP contribution in [0.25, 0.3) is 0 Å². The van der Waals surface area contributed by atoms with Crippen molar-refractivity contribution in [1.29, 1.82) is 0 Å². The molecule has 1 aromatic carbocycles. The summed E-state index contributed by atoms with van der Waals surface area (Å²) in [7, 11) is 0. The van der Waals surface area contributed by atoms with E-state index in [1.807, 2.05) is 13.8 Å². The van der Waals surface area contributed by atoms with Crippen molar-refractivity contribution in [2.45, 2.75) is 111 Å². The molecule has 0 aromatic heterocycles. The molecule has 1 rings (SSSR count). The van der Waals surface area contributed by atoms with E-state index in [-0.39, 0.29) is 11.3 Å². The lowest BCUT2D eigenvalue weighted by atomic mass is 9.95. The molecule has 0 spiro atoms. The van der Waals surface area contributed by atoms with E-state index in [2.05, 4.69) is 24.5 Å². The number of aromatic hydroxyl groups is 1. The molecule has 0 aliphatic carbocycles. The van der Waals surface area contributed by atoms with Crippen molar-refractivity contribution in [3.8, 4) is 5.75 Å². The zero-order valence-electron chi connectivity index (χ0n) is 24.8. The monoisotopic (exact) mass is 548 g/mol. The standard InChI is InChI=1S/C29H48N4O6/c1-9-10-16-31-26(36)24(21-13-11-12-19(4)25(21)35)33(20(5)15-14-18(2)3)27(37)22(17-23(30)34)32-28(38)39-29(6,7)8/h11-13,18,20,22,24,35H,9-10,14-17H2,1-8H3,(H2,30,34)(H,31,36)(H,32,38). The fourth-order valence-corrected chi connectivity index (χ4v) is 4.15. The Kier molecular flexibility index (Phi) is 13.3. The van der Waals surface area contributed by atoms with E-state index in [9.17, 15) is 24.3 Å². The van der Waals surface area contributed by atoms with Crippen molar-refractivity contribution in [3.63, 3.8) is 0 Å². The van der Waals surface area contributed by atoms with E-state index in [1.54, 1.807) is 45.9 Å². The van der Waals surface area contributed by atoms with E-state index in [1.165, 1.54) is 4.90 Å². The van der Waals surface area contributed by atoms with Crippen LogP contribution in [0.3, 0.4) is 0 Å². The number of nitrogens with one attached hydrogen (secondary N) is 2. The predicted octanol–water partition coefficient (Wildman–Crippen LogP) is 4.08. The van der Waals surface area contributed by atoms with Crippen LogP contribution in [0.15, 0.2) is 18.2 Å². The second-order valence-corrected chi connectivity index (χ2v) is 11.5. The van der Waals surface area contributed by atoms with Gasteiger partial charge in [-0.25, -0.2) is 4.79 Å². The molecule has 0 saturated heterocycles. The number of aryl methyl sites for hydroxylation is 1. The fourth-order valence-electron chi connectivity index (χ4n) is 4.15. The van der Waals surface area contributed by atoms with Gasteiger partial charge in [0.15, 0.2) is 0 Å². The normalized spacial score (nSPS) is 13.8. The molecule has 1 aromatic rings. The summed E-state index contributed by atoms with van der Waals surface area (Å²) in [5.41, 5.74) is 5.41. The number of primary amides is 1. The number of carbonyl (C=O) groups is 4. The Balaban J connectivity index is 3.68. The number of unbranched alkanes of at least 4 members (excludes halogenated alkanes) is 1. The van der Waals surface area contributed by atoms with Gasteiger partial charge in [0.25, 0.3) is 0 Å². The molecule has 4 amide bonds. The summed E-state index contributed by atoms with van der Waals surface area (Å²) in [5.74, 6) is -1.72. The lowest BCUT2D eigenvalue weighted by Crippen LogP contribution is -2.56. The van der Waals surface area contributed by atoms with Crippen molar-refractivity contribution >= 4 is 23.8 Å². The number of alkyl carbamates (subject to hydrolysis) is 1. The van der Waals surface area contributed by atoms with Crippen molar-refractivity contribution < 1.29 is 29.0 Å². The summed E-state index contributed by atoms with van der Waals surface area (Å²) in [6, 6.07) is 1.94. The van der Waals surface area contributed by atoms with Gasteiger partial charge >= 0.3 is 6.09 Å². The van der Waals surface area contributed by atoms with Crippen molar-refractivity contribution in [2.24, 2.45) is 11.7 Å². The van der Waals surface area contributed by atoms with Crippen LogP contribution in [-0.2, 0) is 19.1 Å². The maximum absolute atomic E-state index is 14.2. The molecular weight excluding hydrogens is 500 g/mol. The lowest BCUT2D eigenvalue weighted by Gasteiger charge is -2.39. The highest BCUT2D eigenvalue weighted by Gasteiger charge is 2.40. The average molecular weight is 549 g/mol. The first-order chi connectivity index (χ1) is 18.1. The Bertz CT molecular complexity index is 988. The molecule has 0 fully saturated rings. The largest absolute Gasteiger partial charge is 0.507 e. The third kappa shape index (κ3) is 11.1. The lowest BCUT2D eigenvalue weighted by molar-refractivity contribution is -0.146. The minimum Gasteiger partial charge on any atom is -0.507 e. The van der Waals surface area contributed by atoms with Crippen molar-refractivity contribution in [1.82, 2.24) is 15.5 Å². The van der Waals surface area contributed by atoms with Crippen LogP contribution >= 0.6 is 0 Å².